The molecule has 0 spiro atoms. The van der Waals surface area contributed by atoms with Crippen molar-refractivity contribution in [1.82, 2.24) is 9.78 Å². The van der Waals surface area contributed by atoms with E-state index in [0.717, 1.165) is 22.4 Å². The van der Waals surface area contributed by atoms with E-state index in [1.165, 1.54) is 7.11 Å². The summed E-state index contributed by atoms with van der Waals surface area (Å²) in [6, 6.07) is 10.5. The summed E-state index contributed by atoms with van der Waals surface area (Å²) >= 11 is 0. The number of methoxy groups -OCH3 is 3. The van der Waals surface area contributed by atoms with Crippen LogP contribution in [-0.4, -0.2) is 43.0 Å². The largest absolute Gasteiger partial charge is 0.493 e. The molecule has 0 bridgehead atoms. The van der Waals surface area contributed by atoms with Crippen molar-refractivity contribution in [3.63, 3.8) is 0 Å². The monoisotopic (exact) mass is 407 g/mol. The van der Waals surface area contributed by atoms with E-state index in [1.807, 2.05) is 12.1 Å². The Kier molecular flexibility index (Phi) is 4.91. The number of nitrogens with zero attached hydrogens (tertiary/aromatic N) is 2. The molecule has 30 heavy (non-hydrogen) atoms. The van der Waals surface area contributed by atoms with Crippen LogP contribution in [0.5, 0.6) is 11.5 Å². The molecule has 8 heteroatoms. The molecule has 0 saturated heterocycles. The predicted molar refractivity (Wildman–Crippen MR) is 110 cm³/mol. The van der Waals surface area contributed by atoms with E-state index in [2.05, 4.69) is 10.4 Å². The van der Waals surface area contributed by atoms with Crippen molar-refractivity contribution in [3.05, 3.63) is 58.8 Å². The van der Waals surface area contributed by atoms with Gasteiger partial charge in [0.25, 0.3) is 5.91 Å². The molecule has 3 aromatic rings. The summed E-state index contributed by atoms with van der Waals surface area (Å²) in [5, 5.41) is 7.23. The number of carbonyl (C=O) groups excluding carboxylic acids is 2. The summed E-state index contributed by atoms with van der Waals surface area (Å²) in [6.45, 7) is 0. The zero-order valence-electron chi connectivity index (χ0n) is 17.1. The van der Waals surface area contributed by atoms with Crippen molar-refractivity contribution >= 4 is 17.6 Å². The number of anilines is 1. The fourth-order valence-electron chi connectivity index (χ4n) is 3.79. The number of para-hydroxylation sites is 1. The molecule has 0 saturated carbocycles. The van der Waals surface area contributed by atoms with E-state index in [0.29, 0.717) is 29.3 Å². The summed E-state index contributed by atoms with van der Waals surface area (Å²) in [4.78, 5) is 25.1. The van der Waals surface area contributed by atoms with Crippen molar-refractivity contribution in [2.45, 2.75) is 6.42 Å². The van der Waals surface area contributed by atoms with Crippen molar-refractivity contribution in [3.8, 4) is 22.8 Å². The minimum Gasteiger partial charge on any atom is -0.493 e. The molecule has 0 radical (unpaired) electrons. The molecule has 1 aliphatic carbocycles. The number of hydrogen-bond donors (Lipinski definition) is 1. The quantitative estimate of drug-likeness (QED) is 0.511. The Hall–Kier alpha value is -3.81. The van der Waals surface area contributed by atoms with Crippen molar-refractivity contribution in [2.75, 3.05) is 26.6 Å². The van der Waals surface area contributed by atoms with E-state index in [4.69, 9.17) is 14.2 Å². The summed E-state index contributed by atoms with van der Waals surface area (Å²) in [6.07, 6.45) is 0.542. The lowest BCUT2D eigenvalue weighted by atomic mass is 10.1. The smallest absolute Gasteiger partial charge is 0.339 e. The molecule has 0 atom stereocenters. The van der Waals surface area contributed by atoms with Crippen LogP contribution in [0.25, 0.3) is 11.3 Å². The van der Waals surface area contributed by atoms with Gasteiger partial charge in [-0.3, -0.25) is 9.48 Å². The Bertz CT molecular complexity index is 1170. The lowest BCUT2D eigenvalue weighted by molar-refractivity contribution is 0.0602. The highest BCUT2D eigenvalue weighted by atomic mass is 16.5. The van der Waals surface area contributed by atoms with Crippen LogP contribution in [0.4, 0.5) is 5.69 Å². The van der Waals surface area contributed by atoms with Gasteiger partial charge in [0.2, 0.25) is 0 Å². The van der Waals surface area contributed by atoms with Gasteiger partial charge in [0.15, 0.2) is 17.2 Å². The average Bonchev–Trinajstić information content (AvgIpc) is 3.29. The van der Waals surface area contributed by atoms with Crippen LogP contribution < -0.4 is 14.8 Å². The number of benzene rings is 2. The fraction of sp³-hybridized carbons (Fsp3) is 0.227. The van der Waals surface area contributed by atoms with Gasteiger partial charge in [0.05, 0.1) is 38.3 Å². The first-order chi connectivity index (χ1) is 14.5. The lowest BCUT2D eigenvalue weighted by Gasteiger charge is -2.11. The number of carbonyl (C=O) groups is 2. The lowest BCUT2D eigenvalue weighted by Crippen LogP contribution is -2.17. The normalized spacial score (nSPS) is 11.5. The number of aromatic nitrogens is 2. The van der Waals surface area contributed by atoms with Gasteiger partial charge in [0.1, 0.15) is 0 Å². The van der Waals surface area contributed by atoms with Crippen molar-refractivity contribution in [1.29, 1.82) is 0 Å². The summed E-state index contributed by atoms with van der Waals surface area (Å²) < 4.78 is 17.3. The molecule has 0 aliphatic heterocycles. The van der Waals surface area contributed by atoms with E-state index >= 15 is 0 Å². The third kappa shape index (κ3) is 3.06. The highest BCUT2D eigenvalue weighted by Crippen LogP contribution is 2.43. The van der Waals surface area contributed by atoms with Crippen LogP contribution in [0.3, 0.4) is 0 Å². The number of aryl methyl sites for hydroxylation is 1. The Labute approximate surface area is 173 Å². The molecule has 8 nitrogen and oxygen atoms in total. The minimum atomic E-state index is -0.524. The zero-order chi connectivity index (χ0) is 21.4. The highest BCUT2D eigenvalue weighted by Gasteiger charge is 2.31. The number of fused-ring (bicyclic) bond motifs is 3. The number of hydrogen-bond acceptors (Lipinski definition) is 6. The second-order valence-electron chi connectivity index (χ2n) is 6.83. The third-order valence-electron chi connectivity index (χ3n) is 5.17. The molecule has 0 fully saturated rings. The maximum Gasteiger partial charge on any atom is 0.339 e. The van der Waals surface area contributed by atoms with Gasteiger partial charge in [-0.15, -0.1) is 0 Å². The van der Waals surface area contributed by atoms with E-state index in [9.17, 15) is 9.59 Å². The summed E-state index contributed by atoms with van der Waals surface area (Å²) in [5.74, 6) is 0.331. The van der Waals surface area contributed by atoms with Crippen LogP contribution in [0.1, 0.15) is 32.0 Å². The Morgan fingerprint density at radius 3 is 2.47 bits per heavy atom. The standard InChI is InChI=1S/C22H21N3O5/c1-25-20-14-11-18(29-3)17(28-2)10-12(14)9-15(20)19(24-25)21(26)23-16-8-6-5-7-13(16)22(27)30-4/h5-8,10-11H,9H2,1-4H3,(H,23,26). The van der Waals surface area contributed by atoms with Crippen molar-refractivity contribution in [2.24, 2.45) is 7.05 Å². The SMILES string of the molecule is COC(=O)c1ccccc1NC(=O)c1nn(C)c2c1Cc1cc(OC)c(OC)cc1-2. The van der Waals surface area contributed by atoms with Gasteiger partial charge >= 0.3 is 5.97 Å². The first-order valence-corrected chi connectivity index (χ1v) is 9.28. The fourth-order valence-corrected chi connectivity index (χ4v) is 3.79. The zero-order valence-corrected chi connectivity index (χ0v) is 17.1. The third-order valence-corrected chi connectivity index (χ3v) is 5.17. The number of rotatable bonds is 5. The molecule has 1 heterocycles. The maximum atomic E-state index is 13.1. The van der Waals surface area contributed by atoms with Gasteiger partial charge in [-0.1, -0.05) is 12.1 Å². The molecule has 1 aliphatic rings. The van der Waals surface area contributed by atoms with Gasteiger partial charge < -0.3 is 19.5 Å². The molecule has 1 amide bonds. The van der Waals surface area contributed by atoms with Gasteiger partial charge in [-0.05, 0) is 29.8 Å². The number of ether oxygens (including phenoxy) is 3. The predicted octanol–water partition coefficient (Wildman–Crippen LogP) is 3.05. The first kappa shape index (κ1) is 19.5. The Morgan fingerprint density at radius 2 is 1.77 bits per heavy atom. The molecule has 1 N–H and O–H groups in total. The molecular formula is C22H21N3O5. The number of esters is 1. The highest BCUT2D eigenvalue weighted by molar-refractivity contribution is 6.08. The maximum absolute atomic E-state index is 13.1. The van der Waals surface area contributed by atoms with Crippen LogP contribution in [0.15, 0.2) is 36.4 Å². The number of nitrogens with one attached hydrogen (secondary N) is 1. The molecule has 4 rings (SSSR count). The second kappa shape index (κ2) is 7.55. The minimum absolute atomic E-state index is 0.277. The van der Waals surface area contributed by atoms with Gasteiger partial charge in [-0.2, -0.15) is 5.10 Å². The van der Waals surface area contributed by atoms with Crippen molar-refractivity contribution < 1.29 is 23.8 Å². The van der Waals surface area contributed by atoms with Crippen LogP contribution in [0.2, 0.25) is 0 Å². The first-order valence-electron chi connectivity index (χ1n) is 9.28. The molecule has 154 valence electrons. The molecule has 0 unspecified atom stereocenters. The summed E-state index contributed by atoms with van der Waals surface area (Å²) in [7, 11) is 6.27. The molecule has 2 aromatic carbocycles. The molecular weight excluding hydrogens is 386 g/mol. The Morgan fingerprint density at radius 1 is 1.07 bits per heavy atom. The average molecular weight is 407 g/mol. The van der Waals surface area contributed by atoms with E-state index in [-0.39, 0.29) is 5.56 Å². The number of amides is 1. The topological polar surface area (TPSA) is 91.7 Å². The van der Waals surface area contributed by atoms with Gasteiger partial charge in [-0.25, -0.2) is 4.79 Å². The van der Waals surface area contributed by atoms with Crippen LogP contribution >= 0.6 is 0 Å². The summed E-state index contributed by atoms with van der Waals surface area (Å²) in [5.41, 5.74) is 4.60. The van der Waals surface area contributed by atoms with E-state index in [1.54, 1.807) is 50.2 Å². The second-order valence-corrected chi connectivity index (χ2v) is 6.83. The van der Waals surface area contributed by atoms with Crippen LogP contribution in [-0.2, 0) is 18.2 Å². The van der Waals surface area contributed by atoms with Gasteiger partial charge in [0, 0.05) is 24.6 Å². The Balaban J connectivity index is 1.71. The van der Waals surface area contributed by atoms with Crippen LogP contribution in [0, 0.1) is 0 Å². The van der Waals surface area contributed by atoms with E-state index < -0.39 is 11.9 Å². The molecule has 1 aromatic heterocycles.